The van der Waals surface area contributed by atoms with E-state index in [2.05, 4.69) is 9.72 Å². The zero-order valence-corrected chi connectivity index (χ0v) is 15.1. The van der Waals surface area contributed by atoms with E-state index >= 15 is 0 Å². The Kier molecular flexibility index (Phi) is 6.20. The zero-order valence-electron chi connectivity index (χ0n) is 15.1. The average molecular weight is 400 g/mol. The summed E-state index contributed by atoms with van der Waals surface area (Å²) in [4.78, 5) is 16.0. The molecule has 0 spiro atoms. The highest BCUT2D eigenvalue weighted by Crippen LogP contribution is 2.25. The number of aromatic nitrogens is 2. The Morgan fingerprint density at radius 2 is 1.96 bits per heavy atom. The molecule has 1 atom stereocenters. The maximum atomic E-state index is 12.2. The van der Waals surface area contributed by atoms with Gasteiger partial charge in [-0.05, 0) is 29.8 Å². The molecule has 0 amide bonds. The Labute approximate surface area is 158 Å². The highest BCUT2D eigenvalue weighted by Gasteiger charge is 2.28. The summed E-state index contributed by atoms with van der Waals surface area (Å²) in [6.07, 6.45) is -4.65. The summed E-state index contributed by atoms with van der Waals surface area (Å²) in [7, 11) is 1.54. The van der Waals surface area contributed by atoms with Gasteiger partial charge in [-0.2, -0.15) is 18.2 Å². The van der Waals surface area contributed by atoms with Gasteiger partial charge in [-0.25, -0.2) is 4.79 Å². The molecule has 1 unspecified atom stereocenters. The first-order valence-corrected chi connectivity index (χ1v) is 8.52. The molecule has 28 heavy (non-hydrogen) atoms. The van der Waals surface area contributed by atoms with Crippen molar-refractivity contribution in [2.24, 2.45) is 7.05 Å². The van der Waals surface area contributed by atoms with Crippen molar-refractivity contribution < 1.29 is 32.1 Å². The number of benzene rings is 1. The van der Waals surface area contributed by atoms with Crippen LogP contribution in [-0.2, 0) is 16.5 Å². The van der Waals surface area contributed by atoms with Crippen LogP contribution in [0.3, 0.4) is 0 Å². The quantitative estimate of drug-likeness (QED) is 0.740. The summed E-state index contributed by atoms with van der Waals surface area (Å²) in [5.41, 5.74) is 0.576. The molecule has 2 heterocycles. The van der Waals surface area contributed by atoms with Gasteiger partial charge in [0.15, 0.2) is 6.61 Å². The second-order valence-corrected chi connectivity index (χ2v) is 6.13. The van der Waals surface area contributed by atoms with E-state index in [-0.39, 0.29) is 24.3 Å². The lowest BCUT2D eigenvalue weighted by molar-refractivity contribution is -0.153. The number of hydrogen-bond donors (Lipinski definition) is 0. The van der Waals surface area contributed by atoms with Crippen molar-refractivity contribution in [1.82, 2.24) is 9.55 Å². The van der Waals surface area contributed by atoms with Gasteiger partial charge in [0.05, 0.1) is 25.5 Å². The van der Waals surface area contributed by atoms with E-state index in [0.29, 0.717) is 31.1 Å². The molecule has 2 aromatic rings. The SMILES string of the molecule is Cn1c(-c2ccc(OCC(F)(F)F)cc2)cc(OCC2COCCO2)nc1=O. The topological polar surface area (TPSA) is 71.8 Å². The Hall–Kier alpha value is -2.59. The molecule has 0 radical (unpaired) electrons. The molecule has 1 saturated heterocycles. The Bertz CT molecular complexity index is 846. The molecular formula is C18H19F3N2O5. The van der Waals surface area contributed by atoms with Crippen LogP contribution in [-0.4, -0.2) is 54.9 Å². The summed E-state index contributed by atoms with van der Waals surface area (Å²) in [6, 6.07) is 7.50. The molecule has 0 N–H and O–H groups in total. The third kappa shape index (κ3) is 5.46. The van der Waals surface area contributed by atoms with Gasteiger partial charge < -0.3 is 18.9 Å². The molecule has 10 heteroatoms. The second kappa shape index (κ2) is 8.61. The maximum Gasteiger partial charge on any atom is 0.422 e. The summed E-state index contributed by atoms with van der Waals surface area (Å²) in [6.45, 7) is 0.228. The first kappa shape index (κ1) is 20.2. The zero-order chi connectivity index (χ0) is 20.1. The van der Waals surface area contributed by atoms with Gasteiger partial charge in [-0.15, -0.1) is 0 Å². The normalized spacial score (nSPS) is 17.4. The fraction of sp³-hybridized carbons (Fsp3) is 0.444. The van der Waals surface area contributed by atoms with Crippen LogP contribution >= 0.6 is 0 Å². The van der Waals surface area contributed by atoms with Crippen LogP contribution in [0.15, 0.2) is 35.1 Å². The second-order valence-electron chi connectivity index (χ2n) is 6.13. The monoisotopic (exact) mass is 400 g/mol. The van der Waals surface area contributed by atoms with E-state index < -0.39 is 18.5 Å². The minimum atomic E-state index is -4.41. The van der Waals surface area contributed by atoms with Crippen LogP contribution in [0.5, 0.6) is 11.6 Å². The molecule has 3 rings (SSSR count). The fourth-order valence-corrected chi connectivity index (χ4v) is 2.57. The van der Waals surface area contributed by atoms with Gasteiger partial charge in [0.25, 0.3) is 0 Å². The van der Waals surface area contributed by atoms with E-state index in [4.69, 9.17) is 14.2 Å². The molecule has 7 nitrogen and oxygen atoms in total. The smallest absolute Gasteiger partial charge is 0.422 e. The van der Waals surface area contributed by atoms with Crippen molar-refractivity contribution in [2.45, 2.75) is 12.3 Å². The first-order valence-electron chi connectivity index (χ1n) is 8.52. The number of ether oxygens (including phenoxy) is 4. The molecule has 0 bridgehead atoms. The Balaban J connectivity index is 1.73. The molecule has 1 aromatic carbocycles. The van der Waals surface area contributed by atoms with Crippen LogP contribution in [0.4, 0.5) is 13.2 Å². The number of halogens is 3. The van der Waals surface area contributed by atoms with Crippen LogP contribution < -0.4 is 15.2 Å². The van der Waals surface area contributed by atoms with Gasteiger partial charge in [0, 0.05) is 13.1 Å². The molecular weight excluding hydrogens is 381 g/mol. The van der Waals surface area contributed by atoms with Crippen molar-refractivity contribution >= 4 is 0 Å². The molecule has 1 aromatic heterocycles. The molecule has 152 valence electrons. The minimum absolute atomic E-state index is 0.0750. The molecule has 1 fully saturated rings. The van der Waals surface area contributed by atoms with E-state index in [9.17, 15) is 18.0 Å². The van der Waals surface area contributed by atoms with E-state index in [1.165, 1.54) is 16.7 Å². The third-order valence-electron chi connectivity index (χ3n) is 3.97. The summed E-state index contributed by atoms with van der Waals surface area (Å²) in [5, 5.41) is 0. The summed E-state index contributed by atoms with van der Waals surface area (Å²) < 4.78 is 59.0. The van der Waals surface area contributed by atoms with Crippen LogP contribution in [0, 0.1) is 0 Å². The lowest BCUT2D eigenvalue weighted by Gasteiger charge is -2.22. The van der Waals surface area contributed by atoms with E-state index in [1.807, 2.05) is 0 Å². The predicted molar refractivity (Wildman–Crippen MR) is 92.5 cm³/mol. The van der Waals surface area contributed by atoms with Crippen molar-refractivity contribution in [3.63, 3.8) is 0 Å². The molecule has 1 aliphatic rings. The van der Waals surface area contributed by atoms with E-state index in [0.717, 1.165) is 0 Å². The van der Waals surface area contributed by atoms with Crippen molar-refractivity contribution in [2.75, 3.05) is 33.0 Å². The van der Waals surface area contributed by atoms with Gasteiger partial charge in [-0.3, -0.25) is 4.57 Å². The lowest BCUT2D eigenvalue weighted by atomic mass is 10.1. The average Bonchev–Trinajstić information content (AvgIpc) is 2.68. The summed E-state index contributed by atoms with van der Waals surface area (Å²) >= 11 is 0. The largest absolute Gasteiger partial charge is 0.484 e. The van der Waals surface area contributed by atoms with Gasteiger partial charge in [0.1, 0.15) is 18.5 Å². The molecule has 1 aliphatic heterocycles. The number of rotatable bonds is 6. The highest BCUT2D eigenvalue weighted by molar-refractivity contribution is 5.61. The fourth-order valence-electron chi connectivity index (χ4n) is 2.57. The number of nitrogens with zero attached hydrogens (tertiary/aromatic N) is 2. The van der Waals surface area contributed by atoms with E-state index in [1.54, 1.807) is 25.2 Å². The van der Waals surface area contributed by atoms with Crippen LogP contribution in [0.25, 0.3) is 11.3 Å². The standard InChI is InChI=1S/C18H19F3N2O5/c1-23-15(12-2-4-13(5-3-12)28-11-18(19,20)21)8-16(22-17(23)24)27-10-14-9-25-6-7-26-14/h2-5,8,14H,6-7,9-11H2,1H3. The maximum absolute atomic E-state index is 12.2. The van der Waals surface area contributed by atoms with Gasteiger partial charge in [0.2, 0.25) is 5.88 Å². The Morgan fingerprint density at radius 3 is 2.61 bits per heavy atom. The first-order chi connectivity index (χ1) is 13.3. The minimum Gasteiger partial charge on any atom is -0.484 e. The Morgan fingerprint density at radius 1 is 1.21 bits per heavy atom. The van der Waals surface area contributed by atoms with Gasteiger partial charge >= 0.3 is 11.9 Å². The van der Waals surface area contributed by atoms with Crippen LogP contribution in [0.1, 0.15) is 0 Å². The third-order valence-corrected chi connectivity index (χ3v) is 3.97. The van der Waals surface area contributed by atoms with Crippen LogP contribution in [0.2, 0.25) is 0 Å². The summed E-state index contributed by atoms with van der Waals surface area (Å²) in [5.74, 6) is 0.204. The number of alkyl halides is 3. The molecule has 0 saturated carbocycles. The predicted octanol–water partition coefficient (Wildman–Crippen LogP) is 2.18. The highest BCUT2D eigenvalue weighted by atomic mass is 19.4. The number of hydrogen-bond acceptors (Lipinski definition) is 6. The van der Waals surface area contributed by atoms with Gasteiger partial charge in [-0.1, -0.05) is 0 Å². The van der Waals surface area contributed by atoms with Crippen molar-refractivity contribution in [1.29, 1.82) is 0 Å². The lowest BCUT2D eigenvalue weighted by Crippen LogP contribution is -2.34. The molecule has 0 aliphatic carbocycles. The van der Waals surface area contributed by atoms with Crippen molar-refractivity contribution in [3.8, 4) is 22.9 Å². The van der Waals surface area contributed by atoms with Crippen molar-refractivity contribution in [3.05, 3.63) is 40.8 Å².